The van der Waals surface area contributed by atoms with Crippen molar-refractivity contribution in [2.45, 2.75) is 20.0 Å². The summed E-state index contributed by atoms with van der Waals surface area (Å²) in [6.07, 6.45) is 3.31. The zero-order chi connectivity index (χ0) is 16.5. The maximum atomic E-state index is 11.8. The minimum absolute atomic E-state index is 0. The molecule has 1 amide bonds. The van der Waals surface area contributed by atoms with Gasteiger partial charge in [-0.1, -0.05) is 0 Å². The first-order chi connectivity index (χ1) is 11.2. The Morgan fingerprint density at radius 3 is 2.79 bits per heavy atom. The highest BCUT2D eigenvalue weighted by Gasteiger charge is 2.05. The van der Waals surface area contributed by atoms with Gasteiger partial charge in [0.2, 0.25) is 5.91 Å². The monoisotopic (exact) mass is 446 g/mol. The van der Waals surface area contributed by atoms with Crippen molar-refractivity contribution in [3.8, 4) is 0 Å². The van der Waals surface area contributed by atoms with E-state index in [1.165, 1.54) is 0 Å². The molecule has 0 fully saturated rings. The zero-order valence-electron chi connectivity index (χ0n) is 13.8. The lowest BCUT2D eigenvalue weighted by molar-refractivity contribution is -0.120. The molecule has 2 aromatic heterocycles. The third-order valence-corrected chi connectivity index (χ3v) is 3.12. The third kappa shape index (κ3) is 6.60. The minimum Gasteiger partial charge on any atom is -0.467 e. The fraction of sp³-hybridized carbons (Fsp3) is 0.400. The largest absolute Gasteiger partial charge is 0.467 e. The van der Waals surface area contributed by atoms with Gasteiger partial charge in [-0.15, -0.1) is 24.0 Å². The van der Waals surface area contributed by atoms with Crippen LogP contribution in [-0.4, -0.2) is 34.7 Å². The van der Waals surface area contributed by atoms with Gasteiger partial charge in [0.15, 0.2) is 5.96 Å². The molecule has 9 heteroatoms. The number of guanidine groups is 1. The van der Waals surface area contributed by atoms with Gasteiger partial charge in [-0.05, 0) is 25.1 Å². The number of halogens is 1. The van der Waals surface area contributed by atoms with Crippen molar-refractivity contribution in [2.75, 3.05) is 13.1 Å². The van der Waals surface area contributed by atoms with Crippen molar-refractivity contribution in [3.63, 3.8) is 0 Å². The van der Waals surface area contributed by atoms with Gasteiger partial charge in [0.05, 0.1) is 31.6 Å². The topological polar surface area (TPSA) is 96.5 Å². The number of nitrogens with zero attached hydrogens (tertiary/aromatic N) is 3. The van der Waals surface area contributed by atoms with Gasteiger partial charge in [0.1, 0.15) is 5.76 Å². The Bertz CT molecular complexity index is 638. The molecule has 0 radical (unpaired) electrons. The smallest absolute Gasteiger partial charge is 0.239 e. The second kappa shape index (κ2) is 10.7. The summed E-state index contributed by atoms with van der Waals surface area (Å²) in [6, 6.07) is 5.50. The number of carbonyl (C=O) groups excluding carboxylic acids is 1. The molecule has 132 valence electrons. The summed E-state index contributed by atoms with van der Waals surface area (Å²) in [6.45, 7) is 3.68. The fourth-order valence-electron chi connectivity index (χ4n) is 1.88. The van der Waals surface area contributed by atoms with Crippen molar-refractivity contribution in [1.29, 1.82) is 0 Å². The van der Waals surface area contributed by atoms with E-state index >= 15 is 0 Å². The number of amides is 1. The molecule has 24 heavy (non-hydrogen) atoms. The van der Waals surface area contributed by atoms with Gasteiger partial charge in [0, 0.05) is 19.8 Å². The molecule has 0 spiro atoms. The third-order valence-electron chi connectivity index (χ3n) is 3.12. The molecule has 2 heterocycles. The van der Waals surface area contributed by atoms with Gasteiger partial charge >= 0.3 is 0 Å². The van der Waals surface area contributed by atoms with Gasteiger partial charge in [-0.2, -0.15) is 5.10 Å². The lowest BCUT2D eigenvalue weighted by atomic mass is 10.4. The molecule has 0 aliphatic rings. The van der Waals surface area contributed by atoms with Crippen LogP contribution in [0.5, 0.6) is 0 Å². The highest BCUT2D eigenvalue weighted by atomic mass is 127. The van der Waals surface area contributed by atoms with E-state index in [2.05, 4.69) is 26.0 Å². The minimum atomic E-state index is -0.132. The van der Waals surface area contributed by atoms with Gasteiger partial charge < -0.3 is 20.4 Å². The van der Waals surface area contributed by atoms with E-state index in [4.69, 9.17) is 4.42 Å². The van der Waals surface area contributed by atoms with Crippen LogP contribution in [0.15, 0.2) is 40.1 Å². The standard InChI is InChI=1S/C15H22N6O2.HI/c1-3-16-15(18-9-12-6-7-20-21(12)2)19-11-14(22)17-10-13-5-4-8-23-13;/h4-8H,3,9-11H2,1-2H3,(H,17,22)(H2,16,18,19);1H. The number of furan rings is 1. The first kappa shape index (κ1) is 20.0. The van der Waals surface area contributed by atoms with E-state index in [0.29, 0.717) is 25.6 Å². The molecule has 0 aliphatic carbocycles. The molecule has 8 nitrogen and oxygen atoms in total. The van der Waals surface area contributed by atoms with Gasteiger partial charge in [-0.25, -0.2) is 4.99 Å². The number of hydrogen-bond acceptors (Lipinski definition) is 4. The summed E-state index contributed by atoms with van der Waals surface area (Å²) in [4.78, 5) is 16.3. The van der Waals surface area contributed by atoms with Crippen molar-refractivity contribution in [2.24, 2.45) is 12.0 Å². The fourth-order valence-corrected chi connectivity index (χ4v) is 1.88. The number of hydrogen-bond donors (Lipinski definition) is 3. The van der Waals surface area contributed by atoms with Crippen LogP contribution in [0, 0.1) is 0 Å². The Balaban J connectivity index is 0.00000288. The van der Waals surface area contributed by atoms with Crippen molar-refractivity contribution in [3.05, 3.63) is 42.1 Å². The van der Waals surface area contributed by atoms with Crippen LogP contribution in [0.2, 0.25) is 0 Å². The van der Waals surface area contributed by atoms with Crippen LogP contribution in [0.4, 0.5) is 0 Å². The molecule has 0 aromatic carbocycles. The Labute approximate surface area is 158 Å². The SMILES string of the molecule is CCNC(=NCc1ccnn1C)NCC(=O)NCc1ccco1.I. The Morgan fingerprint density at radius 1 is 1.33 bits per heavy atom. The highest BCUT2D eigenvalue weighted by Crippen LogP contribution is 1.99. The molecule has 0 saturated carbocycles. The first-order valence-corrected chi connectivity index (χ1v) is 7.47. The number of aromatic nitrogens is 2. The molecule has 2 rings (SSSR count). The molecule has 0 bridgehead atoms. The summed E-state index contributed by atoms with van der Waals surface area (Å²) in [7, 11) is 1.87. The summed E-state index contributed by atoms with van der Waals surface area (Å²) in [5.41, 5.74) is 0.990. The maximum Gasteiger partial charge on any atom is 0.239 e. The number of aryl methyl sites for hydroxylation is 1. The van der Waals surface area contributed by atoms with Crippen LogP contribution in [0.25, 0.3) is 0 Å². The number of aliphatic imine (C=N–C) groups is 1. The number of rotatable bonds is 7. The van der Waals surface area contributed by atoms with Crippen molar-refractivity contribution >= 4 is 35.8 Å². The highest BCUT2D eigenvalue weighted by molar-refractivity contribution is 14.0. The average Bonchev–Trinajstić information content (AvgIpc) is 3.19. The molecule has 2 aromatic rings. The van der Waals surface area contributed by atoms with E-state index in [1.807, 2.05) is 26.1 Å². The second-order valence-corrected chi connectivity index (χ2v) is 4.85. The second-order valence-electron chi connectivity index (χ2n) is 4.85. The van der Waals surface area contributed by atoms with Crippen LogP contribution in [0.3, 0.4) is 0 Å². The Morgan fingerprint density at radius 2 is 2.17 bits per heavy atom. The summed E-state index contributed by atoms with van der Waals surface area (Å²) in [5, 5.41) is 13.0. The van der Waals surface area contributed by atoms with E-state index in [9.17, 15) is 4.79 Å². The summed E-state index contributed by atoms with van der Waals surface area (Å²) >= 11 is 0. The number of carbonyl (C=O) groups is 1. The van der Waals surface area contributed by atoms with Crippen molar-refractivity contribution in [1.82, 2.24) is 25.7 Å². The van der Waals surface area contributed by atoms with Crippen molar-refractivity contribution < 1.29 is 9.21 Å². The summed E-state index contributed by atoms with van der Waals surface area (Å²) in [5.74, 6) is 1.17. The van der Waals surface area contributed by atoms with E-state index in [1.54, 1.807) is 23.2 Å². The molecule has 0 atom stereocenters. The van der Waals surface area contributed by atoms with E-state index in [-0.39, 0.29) is 36.4 Å². The lowest BCUT2D eigenvalue weighted by Gasteiger charge is -2.11. The quantitative estimate of drug-likeness (QED) is 0.335. The van der Waals surface area contributed by atoms with Gasteiger partial charge in [-0.3, -0.25) is 9.48 Å². The summed E-state index contributed by atoms with van der Waals surface area (Å²) < 4.78 is 6.93. The molecule has 0 saturated heterocycles. The normalized spacial score (nSPS) is 10.8. The maximum absolute atomic E-state index is 11.8. The van der Waals surface area contributed by atoms with E-state index in [0.717, 1.165) is 11.5 Å². The molecular weight excluding hydrogens is 423 g/mol. The molecule has 0 unspecified atom stereocenters. The van der Waals surface area contributed by atoms with Crippen LogP contribution < -0.4 is 16.0 Å². The van der Waals surface area contributed by atoms with Crippen LogP contribution in [-0.2, 0) is 24.9 Å². The van der Waals surface area contributed by atoms with E-state index < -0.39 is 0 Å². The first-order valence-electron chi connectivity index (χ1n) is 7.47. The zero-order valence-corrected chi connectivity index (χ0v) is 16.1. The van der Waals surface area contributed by atoms with Crippen LogP contribution >= 0.6 is 24.0 Å². The average molecular weight is 446 g/mol. The lowest BCUT2D eigenvalue weighted by Crippen LogP contribution is -2.43. The Hall–Kier alpha value is -2.04. The predicted molar refractivity (Wildman–Crippen MR) is 102 cm³/mol. The molecular formula is C15H23IN6O2. The molecule has 0 aliphatic heterocycles. The van der Waals surface area contributed by atoms with Gasteiger partial charge in [0.25, 0.3) is 0 Å². The Kier molecular flexibility index (Phi) is 8.90. The molecule has 3 N–H and O–H groups in total. The predicted octanol–water partition coefficient (Wildman–Crippen LogP) is 1.00. The number of nitrogens with one attached hydrogen (secondary N) is 3. The van der Waals surface area contributed by atoms with Crippen LogP contribution in [0.1, 0.15) is 18.4 Å².